The Bertz CT molecular complexity index is 1150. The highest BCUT2D eigenvalue weighted by molar-refractivity contribution is 5.85. The van der Waals surface area contributed by atoms with Gasteiger partial charge >= 0.3 is 0 Å². The normalized spacial score (nSPS) is 17.8. The van der Waals surface area contributed by atoms with Crippen molar-refractivity contribution >= 4 is 17.5 Å². The van der Waals surface area contributed by atoms with Crippen LogP contribution in [0.1, 0.15) is 61.8 Å². The van der Waals surface area contributed by atoms with Gasteiger partial charge < -0.3 is 20.7 Å². The zero-order valence-corrected chi connectivity index (χ0v) is 23.2. The van der Waals surface area contributed by atoms with Crippen LogP contribution in [0.5, 0.6) is 5.75 Å². The SMILES string of the molecule is Cc1cc(OC(C)(C)C(=O)N(C)C2CCN(CC(=O)NC3(c4ccccc4)CC3)CC2)c(C)c(C)c1N. The molecule has 2 amide bonds. The van der Waals surface area contributed by atoms with Crippen molar-refractivity contribution in [2.75, 3.05) is 32.4 Å². The van der Waals surface area contributed by atoms with Crippen LogP contribution in [0.15, 0.2) is 36.4 Å². The second-order valence-corrected chi connectivity index (χ2v) is 11.4. The van der Waals surface area contributed by atoms with E-state index < -0.39 is 5.60 Å². The van der Waals surface area contributed by atoms with Gasteiger partial charge in [-0.1, -0.05) is 30.3 Å². The predicted molar refractivity (Wildman–Crippen MR) is 148 cm³/mol. The number of amides is 2. The Morgan fingerprint density at radius 2 is 1.73 bits per heavy atom. The number of aryl methyl sites for hydroxylation is 1. The average Bonchev–Trinajstić information content (AvgIpc) is 3.66. The molecule has 0 atom stereocenters. The highest BCUT2D eigenvalue weighted by Crippen LogP contribution is 2.45. The van der Waals surface area contributed by atoms with E-state index in [-0.39, 0.29) is 23.4 Å². The summed E-state index contributed by atoms with van der Waals surface area (Å²) in [4.78, 5) is 30.3. The van der Waals surface area contributed by atoms with Crippen LogP contribution >= 0.6 is 0 Å². The molecule has 1 aliphatic carbocycles. The van der Waals surface area contributed by atoms with Crippen molar-refractivity contribution in [1.82, 2.24) is 15.1 Å². The molecular formula is C30H42N4O3. The Balaban J connectivity index is 1.29. The highest BCUT2D eigenvalue weighted by Gasteiger charge is 2.45. The van der Waals surface area contributed by atoms with Crippen LogP contribution < -0.4 is 15.8 Å². The molecule has 2 fully saturated rings. The van der Waals surface area contributed by atoms with Crippen LogP contribution in [-0.4, -0.2) is 59.9 Å². The third kappa shape index (κ3) is 5.77. The number of hydrogen-bond donors (Lipinski definition) is 2. The first-order chi connectivity index (χ1) is 17.4. The largest absolute Gasteiger partial charge is 0.478 e. The molecule has 0 spiro atoms. The van der Waals surface area contributed by atoms with E-state index >= 15 is 0 Å². The minimum Gasteiger partial charge on any atom is -0.478 e. The van der Waals surface area contributed by atoms with Gasteiger partial charge in [0.05, 0.1) is 12.1 Å². The first kappa shape index (κ1) is 27.0. The Labute approximate surface area is 221 Å². The molecule has 0 radical (unpaired) electrons. The third-order valence-corrected chi connectivity index (χ3v) is 8.24. The molecule has 200 valence electrons. The summed E-state index contributed by atoms with van der Waals surface area (Å²) >= 11 is 0. The van der Waals surface area contributed by atoms with Crippen LogP contribution in [0.3, 0.4) is 0 Å². The first-order valence-corrected chi connectivity index (χ1v) is 13.3. The molecule has 37 heavy (non-hydrogen) atoms. The van der Waals surface area contributed by atoms with E-state index in [4.69, 9.17) is 10.5 Å². The molecule has 1 saturated heterocycles. The maximum absolute atomic E-state index is 13.5. The molecule has 1 saturated carbocycles. The Kier molecular flexibility index (Phi) is 7.56. The lowest BCUT2D eigenvalue weighted by Crippen LogP contribution is -2.54. The van der Waals surface area contributed by atoms with E-state index in [1.165, 1.54) is 5.56 Å². The lowest BCUT2D eigenvalue weighted by Gasteiger charge is -2.39. The number of likely N-dealkylation sites (tertiary alicyclic amines) is 1. The number of carbonyl (C=O) groups is 2. The number of rotatable bonds is 8. The van der Waals surface area contributed by atoms with E-state index in [1.807, 2.05) is 70.8 Å². The lowest BCUT2D eigenvalue weighted by molar-refractivity contribution is -0.147. The van der Waals surface area contributed by atoms with Gasteiger partial charge in [-0.05, 0) is 88.6 Å². The van der Waals surface area contributed by atoms with Crippen molar-refractivity contribution in [2.45, 2.75) is 77.5 Å². The number of likely N-dealkylation sites (N-methyl/N-ethyl adjacent to an activating group) is 1. The van der Waals surface area contributed by atoms with Gasteiger partial charge in [0.15, 0.2) is 5.60 Å². The number of piperidine rings is 1. The van der Waals surface area contributed by atoms with E-state index in [1.54, 1.807) is 0 Å². The summed E-state index contributed by atoms with van der Waals surface area (Å²) in [5, 5.41) is 3.27. The van der Waals surface area contributed by atoms with Gasteiger partial charge in [0.25, 0.3) is 5.91 Å². The number of ether oxygens (including phenoxy) is 1. The Morgan fingerprint density at radius 1 is 1.11 bits per heavy atom. The van der Waals surface area contributed by atoms with Crippen LogP contribution in [0.2, 0.25) is 0 Å². The molecule has 4 rings (SSSR count). The molecule has 2 aromatic carbocycles. The highest BCUT2D eigenvalue weighted by atomic mass is 16.5. The number of nitrogens with one attached hydrogen (secondary N) is 1. The molecule has 2 aliphatic rings. The van der Waals surface area contributed by atoms with Crippen molar-refractivity contribution in [1.29, 1.82) is 0 Å². The van der Waals surface area contributed by atoms with E-state index in [0.717, 1.165) is 61.2 Å². The molecule has 7 heteroatoms. The molecule has 0 bridgehead atoms. The average molecular weight is 507 g/mol. The second kappa shape index (κ2) is 10.4. The third-order valence-electron chi connectivity index (χ3n) is 8.24. The monoisotopic (exact) mass is 506 g/mol. The molecule has 0 unspecified atom stereocenters. The minimum atomic E-state index is -1.01. The van der Waals surface area contributed by atoms with E-state index in [0.29, 0.717) is 12.3 Å². The number of nitrogens with zero attached hydrogens (tertiary/aromatic N) is 2. The smallest absolute Gasteiger partial charge is 0.266 e. The maximum Gasteiger partial charge on any atom is 0.266 e. The van der Waals surface area contributed by atoms with Crippen LogP contribution in [-0.2, 0) is 15.1 Å². The van der Waals surface area contributed by atoms with E-state index in [2.05, 4.69) is 22.3 Å². The number of hydrogen-bond acceptors (Lipinski definition) is 5. The summed E-state index contributed by atoms with van der Waals surface area (Å²) in [5.41, 5.74) is 9.80. The zero-order valence-electron chi connectivity index (χ0n) is 23.2. The molecule has 7 nitrogen and oxygen atoms in total. The van der Waals surface area contributed by atoms with Gasteiger partial charge in [0.1, 0.15) is 5.75 Å². The topological polar surface area (TPSA) is 87.9 Å². The van der Waals surface area contributed by atoms with Crippen molar-refractivity contribution < 1.29 is 14.3 Å². The fourth-order valence-corrected chi connectivity index (χ4v) is 5.42. The summed E-state index contributed by atoms with van der Waals surface area (Å²) in [7, 11) is 1.86. The summed E-state index contributed by atoms with van der Waals surface area (Å²) in [6.45, 7) is 11.5. The lowest BCUT2D eigenvalue weighted by atomic mass is 9.99. The first-order valence-electron chi connectivity index (χ1n) is 13.3. The van der Waals surface area contributed by atoms with Gasteiger partial charge in [-0.2, -0.15) is 0 Å². The molecular weight excluding hydrogens is 464 g/mol. The predicted octanol–water partition coefficient (Wildman–Crippen LogP) is 4.08. The molecule has 1 heterocycles. The van der Waals surface area contributed by atoms with Gasteiger partial charge in [-0.15, -0.1) is 0 Å². The Hall–Kier alpha value is -3.06. The van der Waals surface area contributed by atoms with Crippen molar-refractivity contribution in [3.63, 3.8) is 0 Å². The number of nitrogen functional groups attached to an aromatic ring is 1. The molecule has 3 N–H and O–H groups in total. The molecule has 0 aromatic heterocycles. The molecule has 2 aromatic rings. The number of anilines is 1. The van der Waals surface area contributed by atoms with Gasteiger partial charge in [0.2, 0.25) is 5.91 Å². The minimum absolute atomic E-state index is 0.0474. The number of benzene rings is 2. The number of carbonyl (C=O) groups excluding carboxylic acids is 2. The van der Waals surface area contributed by atoms with Gasteiger partial charge in [0, 0.05) is 31.9 Å². The van der Waals surface area contributed by atoms with Crippen LogP contribution in [0, 0.1) is 20.8 Å². The number of nitrogens with two attached hydrogens (primary N) is 1. The van der Waals surface area contributed by atoms with Crippen molar-refractivity contribution in [3.05, 3.63) is 58.7 Å². The standard InChI is InChI=1S/C30H42N4O3/c1-20-18-25(21(2)22(3)27(20)31)37-29(4,5)28(36)33(6)24-12-16-34(17-13-24)19-26(35)32-30(14-15-30)23-10-8-7-9-11-23/h7-11,18,24H,12-17,19,31H2,1-6H3,(H,32,35). The fraction of sp³-hybridized carbons (Fsp3) is 0.533. The molecule has 1 aliphatic heterocycles. The Morgan fingerprint density at radius 3 is 2.32 bits per heavy atom. The summed E-state index contributed by atoms with van der Waals surface area (Å²) in [5.74, 6) is 0.720. The van der Waals surface area contributed by atoms with Crippen molar-refractivity contribution in [3.8, 4) is 5.75 Å². The fourth-order valence-electron chi connectivity index (χ4n) is 5.42. The van der Waals surface area contributed by atoms with Crippen LogP contribution in [0.4, 0.5) is 5.69 Å². The maximum atomic E-state index is 13.5. The summed E-state index contributed by atoms with van der Waals surface area (Å²) < 4.78 is 6.28. The summed E-state index contributed by atoms with van der Waals surface area (Å²) in [6.07, 6.45) is 3.64. The van der Waals surface area contributed by atoms with Crippen molar-refractivity contribution in [2.24, 2.45) is 0 Å². The van der Waals surface area contributed by atoms with Gasteiger partial charge in [-0.3, -0.25) is 14.5 Å². The zero-order chi connectivity index (χ0) is 27.0. The summed E-state index contributed by atoms with van der Waals surface area (Å²) in [6, 6.07) is 12.3. The van der Waals surface area contributed by atoms with Gasteiger partial charge in [-0.25, -0.2) is 0 Å². The van der Waals surface area contributed by atoms with E-state index in [9.17, 15) is 9.59 Å². The second-order valence-electron chi connectivity index (χ2n) is 11.4. The van der Waals surface area contributed by atoms with Crippen LogP contribution in [0.25, 0.3) is 0 Å². The quantitative estimate of drug-likeness (QED) is 0.527.